The number of anilines is 1. The Balaban J connectivity index is 1.50. The quantitative estimate of drug-likeness (QED) is 0.476. The predicted octanol–water partition coefficient (Wildman–Crippen LogP) is 5.22. The van der Waals surface area contributed by atoms with Gasteiger partial charge >= 0.3 is 0 Å². The number of hydrogen-bond acceptors (Lipinski definition) is 4. The molecule has 1 aliphatic carbocycles. The Hall–Kier alpha value is -2.19. The first-order chi connectivity index (χ1) is 14.0. The van der Waals surface area contributed by atoms with Crippen LogP contribution in [0.25, 0.3) is 0 Å². The van der Waals surface area contributed by atoms with Crippen molar-refractivity contribution in [3.8, 4) is 0 Å². The van der Waals surface area contributed by atoms with Gasteiger partial charge in [-0.25, -0.2) is 4.39 Å². The van der Waals surface area contributed by atoms with Gasteiger partial charge in [-0.1, -0.05) is 58.0 Å². The maximum Gasteiger partial charge on any atom is 0.237 e. The molecule has 1 amide bonds. The van der Waals surface area contributed by atoms with E-state index in [0.717, 1.165) is 24.2 Å². The first-order valence-electron chi connectivity index (χ1n) is 9.41. The van der Waals surface area contributed by atoms with E-state index in [2.05, 4.69) is 48.1 Å². The van der Waals surface area contributed by atoms with Crippen LogP contribution in [0.4, 0.5) is 10.1 Å². The summed E-state index contributed by atoms with van der Waals surface area (Å²) in [6.07, 6.45) is 2.24. The summed E-state index contributed by atoms with van der Waals surface area (Å²) < 4.78 is 16.7. The molecule has 1 saturated carbocycles. The Bertz CT molecular complexity index is 1020. The smallest absolute Gasteiger partial charge is 0.237 e. The summed E-state index contributed by atoms with van der Waals surface area (Å²) in [6, 6.07) is 14.7. The van der Waals surface area contributed by atoms with Crippen LogP contribution in [-0.2, 0) is 11.3 Å². The molecule has 150 valence electrons. The van der Waals surface area contributed by atoms with Crippen molar-refractivity contribution in [2.24, 2.45) is 0 Å². The monoisotopic (exact) mass is 474 g/mol. The molecule has 5 nitrogen and oxygen atoms in total. The molecule has 1 heterocycles. The molecule has 0 aliphatic heterocycles. The highest BCUT2D eigenvalue weighted by molar-refractivity contribution is 9.10. The summed E-state index contributed by atoms with van der Waals surface area (Å²) in [6.45, 7) is 2.45. The lowest BCUT2D eigenvalue weighted by Crippen LogP contribution is -2.23. The second-order valence-corrected chi connectivity index (χ2v) is 9.28. The number of carbonyl (C=O) groups is 1. The van der Waals surface area contributed by atoms with E-state index in [1.54, 1.807) is 13.0 Å². The lowest BCUT2D eigenvalue weighted by molar-refractivity contribution is -0.115. The standard InChI is InChI=1S/C21H20BrFN4OS/c1-13(20(28)24-18-10-9-16(22)11-17(18)23)29-21-26-25-19(15-7-8-15)27(21)12-14-5-3-2-4-6-14/h2-6,9-11,13,15H,7-8,12H2,1H3,(H,24,28). The fourth-order valence-corrected chi connectivity index (χ4v) is 4.17. The Kier molecular flexibility index (Phi) is 6.01. The van der Waals surface area contributed by atoms with Crippen LogP contribution in [0, 0.1) is 5.82 Å². The van der Waals surface area contributed by atoms with Gasteiger partial charge in [0, 0.05) is 10.4 Å². The second kappa shape index (κ2) is 8.67. The third-order valence-electron chi connectivity index (χ3n) is 4.71. The summed E-state index contributed by atoms with van der Waals surface area (Å²) >= 11 is 4.55. The zero-order chi connectivity index (χ0) is 20.4. The number of amides is 1. The second-order valence-electron chi connectivity index (χ2n) is 7.06. The molecule has 8 heteroatoms. The SMILES string of the molecule is CC(Sc1nnc(C2CC2)n1Cc1ccccc1)C(=O)Nc1ccc(Br)cc1F. The molecule has 1 fully saturated rings. The number of hydrogen-bond donors (Lipinski definition) is 1. The topological polar surface area (TPSA) is 59.8 Å². The normalized spacial score (nSPS) is 14.6. The van der Waals surface area contributed by atoms with Crippen LogP contribution in [-0.4, -0.2) is 25.9 Å². The van der Waals surface area contributed by atoms with Crippen molar-refractivity contribution in [3.63, 3.8) is 0 Å². The van der Waals surface area contributed by atoms with E-state index in [4.69, 9.17) is 0 Å². The highest BCUT2D eigenvalue weighted by Crippen LogP contribution is 2.40. The van der Waals surface area contributed by atoms with Crippen LogP contribution in [0.3, 0.4) is 0 Å². The molecule has 1 aromatic heterocycles. The summed E-state index contributed by atoms with van der Waals surface area (Å²) in [5, 5.41) is 11.6. The number of thioether (sulfide) groups is 1. The minimum absolute atomic E-state index is 0.162. The van der Waals surface area contributed by atoms with E-state index in [0.29, 0.717) is 22.1 Å². The van der Waals surface area contributed by atoms with Crippen molar-refractivity contribution in [2.75, 3.05) is 5.32 Å². The molecule has 0 saturated heterocycles. The van der Waals surface area contributed by atoms with Crippen molar-refractivity contribution in [3.05, 3.63) is 70.2 Å². The van der Waals surface area contributed by atoms with Crippen LogP contribution in [0.2, 0.25) is 0 Å². The molecular weight excluding hydrogens is 455 g/mol. The molecule has 1 N–H and O–H groups in total. The number of rotatable bonds is 7. The Morgan fingerprint density at radius 2 is 2.03 bits per heavy atom. The Morgan fingerprint density at radius 3 is 2.72 bits per heavy atom. The minimum atomic E-state index is -0.479. The lowest BCUT2D eigenvalue weighted by atomic mass is 10.2. The highest BCUT2D eigenvalue weighted by atomic mass is 79.9. The van der Waals surface area contributed by atoms with Crippen molar-refractivity contribution < 1.29 is 9.18 Å². The summed E-state index contributed by atoms with van der Waals surface area (Å²) in [7, 11) is 0. The fourth-order valence-electron chi connectivity index (χ4n) is 2.98. The number of aromatic nitrogens is 3. The molecule has 1 unspecified atom stereocenters. The Morgan fingerprint density at radius 1 is 1.28 bits per heavy atom. The fraction of sp³-hybridized carbons (Fsp3) is 0.286. The van der Waals surface area contributed by atoms with Gasteiger partial charge in [0.1, 0.15) is 11.6 Å². The van der Waals surface area contributed by atoms with E-state index >= 15 is 0 Å². The van der Waals surface area contributed by atoms with Gasteiger partial charge in [-0.2, -0.15) is 0 Å². The van der Waals surface area contributed by atoms with Crippen molar-refractivity contribution >= 4 is 39.3 Å². The van der Waals surface area contributed by atoms with Gasteiger partial charge in [0.2, 0.25) is 5.91 Å². The average Bonchev–Trinajstić information content (AvgIpc) is 3.48. The molecule has 29 heavy (non-hydrogen) atoms. The summed E-state index contributed by atoms with van der Waals surface area (Å²) in [5.41, 5.74) is 1.32. The third-order valence-corrected chi connectivity index (χ3v) is 6.29. The zero-order valence-electron chi connectivity index (χ0n) is 15.8. The number of halogens is 2. The molecule has 0 radical (unpaired) electrons. The summed E-state index contributed by atoms with van der Waals surface area (Å²) in [5.74, 6) is 0.663. The lowest BCUT2D eigenvalue weighted by Gasteiger charge is -2.14. The van der Waals surface area contributed by atoms with Gasteiger partial charge in [0.05, 0.1) is 17.5 Å². The molecule has 1 atom stereocenters. The van der Waals surface area contributed by atoms with Gasteiger partial charge in [-0.05, 0) is 43.5 Å². The first kappa shape index (κ1) is 20.1. The number of benzene rings is 2. The van der Waals surface area contributed by atoms with Gasteiger partial charge in [0.15, 0.2) is 5.16 Å². The van der Waals surface area contributed by atoms with Crippen LogP contribution in [0.15, 0.2) is 58.2 Å². The third kappa shape index (κ3) is 4.87. The van der Waals surface area contributed by atoms with Crippen molar-refractivity contribution in [1.29, 1.82) is 0 Å². The van der Waals surface area contributed by atoms with Gasteiger partial charge in [0.25, 0.3) is 0 Å². The van der Waals surface area contributed by atoms with Crippen molar-refractivity contribution in [2.45, 2.75) is 42.6 Å². The van der Waals surface area contributed by atoms with E-state index in [1.807, 2.05) is 18.2 Å². The van der Waals surface area contributed by atoms with Crippen LogP contribution >= 0.6 is 27.7 Å². The molecule has 3 aromatic rings. The molecule has 0 bridgehead atoms. The van der Waals surface area contributed by atoms with Crippen molar-refractivity contribution in [1.82, 2.24) is 14.8 Å². The number of nitrogens with one attached hydrogen (secondary N) is 1. The summed E-state index contributed by atoms with van der Waals surface area (Å²) in [4.78, 5) is 12.6. The number of nitrogens with zero attached hydrogens (tertiary/aromatic N) is 3. The van der Waals surface area contributed by atoms with Gasteiger partial charge in [-0.3, -0.25) is 4.79 Å². The molecule has 0 spiro atoms. The van der Waals surface area contributed by atoms with E-state index in [9.17, 15) is 9.18 Å². The van der Waals surface area contributed by atoms with Crippen LogP contribution in [0.5, 0.6) is 0 Å². The molecular formula is C21H20BrFN4OS. The maximum absolute atomic E-state index is 14.0. The number of carbonyl (C=O) groups excluding carboxylic acids is 1. The highest BCUT2D eigenvalue weighted by Gasteiger charge is 2.31. The Labute approximate surface area is 181 Å². The van der Waals surface area contributed by atoms with Crippen LogP contribution in [0.1, 0.15) is 37.1 Å². The predicted molar refractivity (Wildman–Crippen MR) is 116 cm³/mol. The maximum atomic E-state index is 14.0. The van der Waals surface area contributed by atoms with Crippen LogP contribution < -0.4 is 5.32 Å². The van der Waals surface area contributed by atoms with E-state index in [1.165, 1.54) is 23.9 Å². The van der Waals surface area contributed by atoms with Gasteiger partial charge in [-0.15, -0.1) is 10.2 Å². The average molecular weight is 475 g/mol. The zero-order valence-corrected chi connectivity index (χ0v) is 18.2. The first-order valence-corrected chi connectivity index (χ1v) is 11.1. The molecule has 1 aliphatic rings. The van der Waals surface area contributed by atoms with Gasteiger partial charge < -0.3 is 9.88 Å². The molecule has 2 aromatic carbocycles. The van der Waals surface area contributed by atoms with E-state index < -0.39 is 11.1 Å². The van der Waals surface area contributed by atoms with E-state index in [-0.39, 0.29) is 11.6 Å². The minimum Gasteiger partial charge on any atom is -0.323 e. The largest absolute Gasteiger partial charge is 0.323 e. The molecule has 4 rings (SSSR count).